The highest BCUT2D eigenvalue weighted by atomic mass is 19.1. The predicted octanol–water partition coefficient (Wildman–Crippen LogP) is 4.00. The predicted molar refractivity (Wildman–Crippen MR) is 84.6 cm³/mol. The number of ketones is 2. The van der Waals surface area contributed by atoms with Crippen LogP contribution in [0, 0.1) is 5.82 Å². The molecule has 2 aromatic carbocycles. The van der Waals surface area contributed by atoms with Crippen molar-refractivity contribution in [3.05, 3.63) is 65.0 Å². The van der Waals surface area contributed by atoms with Crippen LogP contribution in [0.25, 0.3) is 0 Å². The average molecular weight is 312 g/mol. The maximum atomic E-state index is 13.6. The molecule has 0 saturated carbocycles. The molecule has 0 aliphatic carbocycles. The van der Waals surface area contributed by atoms with Gasteiger partial charge in [-0.3, -0.25) is 9.59 Å². The Morgan fingerprint density at radius 2 is 1.83 bits per heavy atom. The molecule has 23 heavy (non-hydrogen) atoms. The smallest absolute Gasteiger partial charge is 0.166 e. The molecule has 0 fully saturated rings. The molecule has 0 unspecified atom stereocenters. The van der Waals surface area contributed by atoms with Crippen molar-refractivity contribution in [1.29, 1.82) is 0 Å². The Hall–Kier alpha value is -2.49. The van der Waals surface area contributed by atoms with Crippen molar-refractivity contribution in [1.82, 2.24) is 0 Å². The summed E-state index contributed by atoms with van der Waals surface area (Å²) in [4.78, 5) is 24.3. The highest BCUT2D eigenvalue weighted by molar-refractivity contribution is 6.02. The molecule has 0 bridgehead atoms. The summed E-state index contributed by atoms with van der Waals surface area (Å²) in [6, 6.07) is 11.2. The van der Waals surface area contributed by atoms with E-state index in [1.807, 2.05) is 6.07 Å². The van der Waals surface area contributed by atoms with Crippen LogP contribution in [0.3, 0.4) is 0 Å². The van der Waals surface area contributed by atoms with Crippen LogP contribution in [-0.4, -0.2) is 18.2 Å². The standard InChI is InChI=1S/C19H17FO3/c20-16-6-2-1-5-15(16)18(22)10-9-17(21)14-8-7-13-4-3-11-23-19(13)12-14/h1-2,5-8,12H,3-4,9-11H2. The minimum Gasteiger partial charge on any atom is -0.493 e. The lowest BCUT2D eigenvalue weighted by Gasteiger charge is -2.17. The van der Waals surface area contributed by atoms with Crippen molar-refractivity contribution < 1.29 is 18.7 Å². The number of rotatable bonds is 5. The summed E-state index contributed by atoms with van der Waals surface area (Å²) in [5.74, 6) is -0.285. The molecule has 0 amide bonds. The first kappa shape index (κ1) is 15.4. The number of fused-ring (bicyclic) bond motifs is 1. The van der Waals surface area contributed by atoms with E-state index in [4.69, 9.17) is 4.74 Å². The molecular weight excluding hydrogens is 295 g/mol. The molecule has 0 aromatic heterocycles. The number of aryl methyl sites for hydroxylation is 1. The minimum absolute atomic E-state index is 0.00227. The molecule has 2 aromatic rings. The first-order valence-corrected chi connectivity index (χ1v) is 7.72. The Kier molecular flexibility index (Phi) is 4.51. The van der Waals surface area contributed by atoms with Gasteiger partial charge in [-0.05, 0) is 36.6 Å². The van der Waals surface area contributed by atoms with Gasteiger partial charge in [-0.15, -0.1) is 0 Å². The topological polar surface area (TPSA) is 43.4 Å². The van der Waals surface area contributed by atoms with Gasteiger partial charge in [0.1, 0.15) is 11.6 Å². The van der Waals surface area contributed by atoms with E-state index in [-0.39, 0.29) is 30.0 Å². The summed E-state index contributed by atoms with van der Waals surface area (Å²) in [6.45, 7) is 0.663. The van der Waals surface area contributed by atoms with Gasteiger partial charge in [0.2, 0.25) is 0 Å². The molecule has 0 radical (unpaired) electrons. The second kappa shape index (κ2) is 6.73. The van der Waals surface area contributed by atoms with Crippen molar-refractivity contribution in [3.63, 3.8) is 0 Å². The highest BCUT2D eigenvalue weighted by Gasteiger charge is 2.16. The van der Waals surface area contributed by atoms with Gasteiger partial charge in [-0.25, -0.2) is 4.39 Å². The van der Waals surface area contributed by atoms with E-state index in [2.05, 4.69) is 0 Å². The van der Waals surface area contributed by atoms with Crippen molar-refractivity contribution >= 4 is 11.6 Å². The molecule has 0 N–H and O–H groups in total. The third-order valence-corrected chi connectivity index (χ3v) is 3.99. The molecule has 1 aliphatic heterocycles. The van der Waals surface area contributed by atoms with Gasteiger partial charge in [0.25, 0.3) is 0 Å². The SMILES string of the molecule is O=C(CCC(=O)c1ccccc1F)c1ccc2c(c1)OCCC2. The van der Waals surface area contributed by atoms with Crippen LogP contribution < -0.4 is 4.74 Å². The Labute approximate surface area is 134 Å². The second-order valence-corrected chi connectivity index (χ2v) is 5.60. The number of carbonyl (C=O) groups excluding carboxylic acids is 2. The normalized spacial score (nSPS) is 13.1. The van der Waals surface area contributed by atoms with Crippen LogP contribution in [0.4, 0.5) is 4.39 Å². The fourth-order valence-electron chi connectivity index (χ4n) is 2.71. The first-order chi connectivity index (χ1) is 11.1. The molecule has 4 heteroatoms. The van der Waals surface area contributed by atoms with E-state index in [0.717, 1.165) is 24.2 Å². The highest BCUT2D eigenvalue weighted by Crippen LogP contribution is 2.26. The number of benzene rings is 2. The zero-order chi connectivity index (χ0) is 16.2. The maximum Gasteiger partial charge on any atom is 0.166 e. The molecule has 0 atom stereocenters. The van der Waals surface area contributed by atoms with Gasteiger partial charge in [-0.1, -0.05) is 24.3 Å². The lowest BCUT2D eigenvalue weighted by molar-refractivity contribution is 0.0915. The zero-order valence-electron chi connectivity index (χ0n) is 12.7. The average Bonchev–Trinajstić information content (AvgIpc) is 2.59. The summed E-state index contributed by atoms with van der Waals surface area (Å²) in [5, 5.41) is 0. The van der Waals surface area contributed by atoms with E-state index in [9.17, 15) is 14.0 Å². The lowest BCUT2D eigenvalue weighted by Crippen LogP contribution is -2.10. The summed E-state index contributed by atoms with van der Waals surface area (Å²) in [6.07, 6.45) is 2.00. The number of ether oxygens (including phenoxy) is 1. The summed E-state index contributed by atoms with van der Waals surface area (Å²) >= 11 is 0. The third kappa shape index (κ3) is 3.47. The van der Waals surface area contributed by atoms with Crippen molar-refractivity contribution in [2.24, 2.45) is 0 Å². The fourth-order valence-corrected chi connectivity index (χ4v) is 2.71. The molecule has 0 spiro atoms. The number of halogens is 1. The van der Waals surface area contributed by atoms with E-state index in [1.165, 1.54) is 18.2 Å². The molecule has 0 saturated heterocycles. The second-order valence-electron chi connectivity index (χ2n) is 5.60. The van der Waals surface area contributed by atoms with E-state index in [0.29, 0.717) is 12.2 Å². The summed E-state index contributed by atoms with van der Waals surface area (Å²) < 4.78 is 19.1. The monoisotopic (exact) mass is 312 g/mol. The Bertz CT molecular complexity index is 752. The fraction of sp³-hybridized carbons (Fsp3) is 0.263. The van der Waals surface area contributed by atoms with Crippen LogP contribution in [0.1, 0.15) is 45.5 Å². The first-order valence-electron chi connectivity index (χ1n) is 7.72. The van der Waals surface area contributed by atoms with Crippen molar-refractivity contribution in [2.75, 3.05) is 6.61 Å². The van der Waals surface area contributed by atoms with Gasteiger partial charge < -0.3 is 4.74 Å². The number of Topliss-reactive ketones (excluding diaryl/α,β-unsaturated/α-hetero) is 2. The van der Waals surface area contributed by atoms with E-state index in [1.54, 1.807) is 18.2 Å². The largest absolute Gasteiger partial charge is 0.493 e. The number of carbonyl (C=O) groups is 2. The Morgan fingerprint density at radius 1 is 1.04 bits per heavy atom. The van der Waals surface area contributed by atoms with Gasteiger partial charge >= 0.3 is 0 Å². The molecule has 3 nitrogen and oxygen atoms in total. The van der Waals surface area contributed by atoms with Gasteiger partial charge in [0, 0.05) is 18.4 Å². The minimum atomic E-state index is -0.549. The Balaban J connectivity index is 1.66. The third-order valence-electron chi connectivity index (χ3n) is 3.99. The van der Waals surface area contributed by atoms with Gasteiger partial charge in [-0.2, -0.15) is 0 Å². The van der Waals surface area contributed by atoms with Crippen LogP contribution in [0.5, 0.6) is 5.75 Å². The zero-order valence-corrected chi connectivity index (χ0v) is 12.7. The van der Waals surface area contributed by atoms with Gasteiger partial charge in [0.15, 0.2) is 11.6 Å². The van der Waals surface area contributed by atoms with Crippen molar-refractivity contribution in [2.45, 2.75) is 25.7 Å². The van der Waals surface area contributed by atoms with E-state index < -0.39 is 5.82 Å². The van der Waals surface area contributed by atoms with Crippen LogP contribution in [0.15, 0.2) is 42.5 Å². The van der Waals surface area contributed by atoms with Crippen LogP contribution >= 0.6 is 0 Å². The van der Waals surface area contributed by atoms with Crippen molar-refractivity contribution in [3.8, 4) is 5.75 Å². The molecule has 1 aliphatic rings. The van der Waals surface area contributed by atoms with Crippen LogP contribution in [-0.2, 0) is 6.42 Å². The molecule has 1 heterocycles. The van der Waals surface area contributed by atoms with Gasteiger partial charge in [0.05, 0.1) is 12.2 Å². The van der Waals surface area contributed by atoms with E-state index >= 15 is 0 Å². The summed E-state index contributed by atoms with van der Waals surface area (Å²) in [5.41, 5.74) is 1.68. The number of hydrogen-bond acceptors (Lipinski definition) is 3. The molecule has 3 rings (SSSR count). The quantitative estimate of drug-likeness (QED) is 0.784. The van der Waals surface area contributed by atoms with Crippen LogP contribution in [0.2, 0.25) is 0 Å². The lowest BCUT2D eigenvalue weighted by atomic mass is 9.98. The molecular formula is C19H17FO3. The summed E-state index contributed by atoms with van der Waals surface area (Å²) in [7, 11) is 0. The Morgan fingerprint density at radius 3 is 2.65 bits per heavy atom. The number of hydrogen-bond donors (Lipinski definition) is 0. The maximum absolute atomic E-state index is 13.6. The molecule has 118 valence electrons.